The Morgan fingerprint density at radius 2 is 2.25 bits per heavy atom. The van der Waals surface area contributed by atoms with Gasteiger partial charge in [0.1, 0.15) is 5.75 Å². The van der Waals surface area contributed by atoms with Crippen LogP contribution in [0.5, 0.6) is 5.75 Å². The van der Waals surface area contributed by atoms with Crippen LogP contribution in [0.2, 0.25) is 5.02 Å². The summed E-state index contributed by atoms with van der Waals surface area (Å²) in [5.74, 6) is 0.411. The molecule has 1 amide bonds. The summed E-state index contributed by atoms with van der Waals surface area (Å²) in [6.07, 6.45) is 0.865. The zero-order valence-corrected chi connectivity index (χ0v) is 11.7. The number of tetrazole rings is 1. The van der Waals surface area contributed by atoms with E-state index in [-0.39, 0.29) is 12.5 Å². The van der Waals surface area contributed by atoms with Gasteiger partial charge in [-0.3, -0.25) is 10.1 Å². The average molecular weight is 296 g/mol. The monoisotopic (exact) mass is 295 g/mol. The largest absolute Gasteiger partial charge is 0.482 e. The maximum absolute atomic E-state index is 11.8. The molecular weight excluding hydrogens is 282 g/mol. The predicted octanol–water partition coefficient (Wildman–Crippen LogP) is 1.75. The number of amides is 1. The van der Waals surface area contributed by atoms with E-state index in [0.29, 0.717) is 23.3 Å². The summed E-state index contributed by atoms with van der Waals surface area (Å²) in [6.45, 7) is 2.46. The fourth-order valence-corrected chi connectivity index (χ4v) is 1.71. The molecule has 1 aromatic heterocycles. The topological polar surface area (TPSA) is 81.9 Å². The van der Waals surface area contributed by atoms with Crippen LogP contribution in [-0.2, 0) is 11.3 Å². The summed E-state index contributed by atoms with van der Waals surface area (Å²) in [5, 5.41) is 14.1. The van der Waals surface area contributed by atoms with Crippen LogP contribution in [0, 0.1) is 0 Å². The fourth-order valence-electron chi connectivity index (χ4n) is 1.52. The third kappa shape index (κ3) is 3.67. The van der Waals surface area contributed by atoms with Crippen molar-refractivity contribution in [3.05, 3.63) is 29.3 Å². The van der Waals surface area contributed by atoms with Gasteiger partial charge >= 0.3 is 0 Å². The van der Waals surface area contributed by atoms with Gasteiger partial charge in [-0.25, -0.2) is 4.68 Å². The second-order valence-electron chi connectivity index (χ2n) is 3.99. The number of carbonyl (C=O) groups excluding carboxylic acids is 1. The number of para-hydroxylation sites is 1. The Kier molecular flexibility index (Phi) is 4.89. The molecular formula is C12H14ClN5O2. The molecule has 0 radical (unpaired) electrons. The highest BCUT2D eigenvalue weighted by molar-refractivity contribution is 6.32. The number of nitrogens with one attached hydrogen (secondary N) is 1. The summed E-state index contributed by atoms with van der Waals surface area (Å²) in [7, 11) is 0. The van der Waals surface area contributed by atoms with E-state index in [2.05, 4.69) is 20.8 Å². The van der Waals surface area contributed by atoms with Crippen molar-refractivity contribution in [1.29, 1.82) is 0 Å². The number of nitrogens with zero attached hydrogens (tertiary/aromatic N) is 4. The molecule has 2 aromatic rings. The van der Waals surface area contributed by atoms with Gasteiger partial charge in [0.25, 0.3) is 5.91 Å². The molecule has 2 rings (SSSR count). The Hall–Kier alpha value is -2.15. The summed E-state index contributed by atoms with van der Waals surface area (Å²) >= 11 is 5.92. The number of hydrogen-bond donors (Lipinski definition) is 1. The van der Waals surface area contributed by atoms with E-state index >= 15 is 0 Å². The molecule has 8 heteroatoms. The van der Waals surface area contributed by atoms with Crippen molar-refractivity contribution >= 4 is 23.5 Å². The van der Waals surface area contributed by atoms with Crippen molar-refractivity contribution < 1.29 is 9.53 Å². The quantitative estimate of drug-likeness (QED) is 0.878. The Bertz CT molecular complexity index is 587. The number of anilines is 1. The lowest BCUT2D eigenvalue weighted by atomic mass is 10.3. The van der Waals surface area contributed by atoms with Crippen LogP contribution < -0.4 is 10.1 Å². The van der Waals surface area contributed by atoms with Crippen molar-refractivity contribution in [3.63, 3.8) is 0 Å². The molecule has 1 heterocycles. The number of ether oxygens (including phenoxy) is 1. The molecule has 0 spiro atoms. The normalized spacial score (nSPS) is 10.3. The van der Waals surface area contributed by atoms with Gasteiger partial charge in [-0.1, -0.05) is 35.8 Å². The first kappa shape index (κ1) is 14.3. The smallest absolute Gasteiger partial charge is 0.264 e. The zero-order chi connectivity index (χ0) is 14.4. The lowest BCUT2D eigenvalue weighted by molar-refractivity contribution is -0.118. The van der Waals surface area contributed by atoms with E-state index in [9.17, 15) is 4.79 Å². The van der Waals surface area contributed by atoms with E-state index in [0.717, 1.165) is 6.42 Å². The Labute approximate surface area is 120 Å². The second-order valence-corrected chi connectivity index (χ2v) is 4.40. The molecule has 7 nitrogen and oxygen atoms in total. The number of hydrogen-bond acceptors (Lipinski definition) is 5. The van der Waals surface area contributed by atoms with Crippen LogP contribution in [0.1, 0.15) is 13.3 Å². The van der Waals surface area contributed by atoms with Crippen LogP contribution in [0.25, 0.3) is 0 Å². The van der Waals surface area contributed by atoms with Crippen molar-refractivity contribution in [2.24, 2.45) is 0 Å². The minimum Gasteiger partial charge on any atom is -0.482 e. The number of benzene rings is 1. The molecule has 0 aliphatic carbocycles. The molecule has 0 saturated carbocycles. The Balaban J connectivity index is 1.90. The van der Waals surface area contributed by atoms with Gasteiger partial charge in [-0.15, -0.1) is 0 Å². The molecule has 106 valence electrons. The number of halogens is 1. The fraction of sp³-hybridized carbons (Fsp3) is 0.333. The molecule has 0 aliphatic rings. The molecule has 0 saturated heterocycles. The minimum atomic E-state index is -0.350. The van der Waals surface area contributed by atoms with Crippen LogP contribution in [0.3, 0.4) is 0 Å². The number of aromatic nitrogens is 4. The summed E-state index contributed by atoms with van der Waals surface area (Å²) in [5.41, 5.74) is 0. The first-order valence-electron chi connectivity index (χ1n) is 6.14. The molecule has 0 fully saturated rings. The van der Waals surface area contributed by atoms with Crippen LogP contribution in [-0.4, -0.2) is 32.7 Å². The van der Waals surface area contributed by atoms with Crippen molar-refractivity contribution in [2.45, 2.75) is 19.9 Å². The second kappa shape index (κ2) is 6.85. The van der Waals surface area contributed by atoms with Gasteiger partial charge < -0.3 is 4.74 Å². The summed E-state index contributed by atoms with van der Waals surface area (Å²) < 4.78 is 6.85. The molecule has 20 heavy (non-hydrogen) atoms. The highest BCUT2D eigenvalue weighted by atomic mass is 35.5. The minimum absolute atomic E-state index is 0.164. The summed E-state index contributed by atoms with van der Waals surface area (Å²) in [6, 6.07) is 6.95. The number of rotatable bonds is 6. The Morgan fingerprint density at radius 1 is 1.45 bits per heavy atom. The first-order valence-corrected chi connectivity index (χ1v) is 6.52. The maximum Gasteiger partial charge on any atom is 0.264 e. The molecule has 0 aliphatic heterocycles. The van der Waals surface area contributed by atoms with Crippen molar-refractivity contribution in [3.8, 4) is 5.75 Å². The average Bonchev–Trinajstić information content (AvgIpc) is 2.86. The zero-order valence-electron chi connectivity index (χ0n) is 10.9. The van der Waals surface area contributed by atoms with Gasteiger partial charge in [0.15, 0.2) is 6.61 Å². The molecule has 1 aromatic carbocycles. The van der Waals surface area contributed by atoms with Crippen LogP contribution >= 0.6 is 11.6 Å². The van der Waals surface area contributed by atoms with Gasteiger partial charge in [-0.2, -0.15) is 0 Å². The van der Waals surface area contributed by atoms with Crippen LogP contribution in [0.4, 0.5) is 5.95 Å². The van der Waals surface area contributed by atoms with Gasteiger partial charge in [0, 0.05) is 6.54 Å². The molecule has 0 unspecified atom stereocenters. The van der Waals surface area contributed by atoms with Gasteiger partial charge in [-0.05, 0) is 29.0 Å². The van der Waals surface area contributed by atoms with Gasteiger partial charge in [0.05, 0.1) is 5.02 Å². The van der Waals surface area contributed by atoms with E-state index in [1.807, 2.05) is 6.92 Å². The third-order valence-corrected chi connectivity index (χ3v) is 2.73. The molecule has 0 bridgehead atoms. The standard InChI is InChI=1S/C12H14ClN5O2/c1-2-7-18-12(15-16-17-18)14-11(19)8-20-10-6-4-3-5-9(10)13/h3-6H,2,7-8H2,1H3,(H,14,15,17,19). The predicted molar refractivity (Wildman–Crippen MR) is 73.7 cm³/mol. The third-order valence-electron chi connectivity index (χ3n) is 2.41. The molecule has 0 atom stereocenters. The van der Waals surface area contributed by atoms with Crippen molar-refractivity contribution in [2.75, 3.05) is 11.9 Å². The van der Waals surface area contributed by atoms with Crippen LogP contribution in [0.15, 0.2) is 24.3 Å². The Morgan fingerprint density at radius 3 is 3.00 bits per heavy atom. The number of aryl methyl sites for hydroxylation is 1. The maximum atomic E-state index is 11.8. The number of carbonyl (C=O) groups is 1. The highest BCUT2D eigenvalue weighted by Crippen LogP contribution is 2.22. The van der Waals surface area contributed by atoms with Gasteiger partial charge in [0.2, 0.25) is 5.95 Å². The van der Waals surface area contributed by atoms with E-state index in [1.165, 1.54) is 4.68 Å². The SMILES string of the molecule is CCCn1nnnc1NC(=O)COc1ccccc1Cl. The first-order chi connectivity index (χ1) is 9.70. The summed E-state index contributed by atoms with van der Waals surface area (Å²) in [4.78, 5) is 11.8. The highest BCUT2D eigenvalue weighted by Gasteiger charge is 2.10. The lowest BCUT2D eigenvalue weighted by Gasteiger charge is -2.08. The van der Waals surface area contributed by atoms with E-state index in [1.54, 1.807) is 24.3 Å². The van der Waals surface area contributed by atoms with Crippen molar-refractivity contribution in [1.82, 2.24) is 20.2 Å². The van der Waals surface area contributed by atoms with E-state index < -0.39 is 0 Å². The molecule has 1 N–H and O–H groups in total. The lowest BCUT2D eigenvalue weighted by Crippen LogP contribution is -2.22. The van der Waals surface area contributed by atoms with E-state index in [4.69, 9.17) is 16.3 Å².